The van der Waals surface area contributed by atoms with E-state index in [2.05, 4.69) is 29.2 Å². The summed E-state index contributed by atoms with van der Waals surface area (Å²) < 4.78 is 6.04. The Morgan fingerprint density at radius 1 is 1.00 bits per heavy atom. The smallest absolute Gasteiger partial charge is 0.127 e. The third-order valence-electron chi connectivity index (χ3n) is 7.51. The average Bonchev–Trinajstić information content (AvgIpc) is 3.63. The average molecular weight is 533 g/mol. The fourth-order valence-electron chi connectivity index (χ4n) is 5.36. The topological polar surface area (TPSA) is 78.4 Å². The van der Waals surface area contributed by atoms with Crippen LogP contribution >= 0.6 is 11.6 Å². The summed E-state index contributed by atoms with van der Waals surface area (Å²) in [5.74, 6) is 2.40. The van der Waals surface area contributed by atoms with Crippen molar-refractivity contribution in [1.82, 2.24) is 9.97 Å². The molecular formula is C32H37ClN2O3. The van der Waals surface area contributed by atoms with Gasteiger partial charge in [0.15, 0.2) is 0 Å². The number of aliphatic hydroxyl groups excluding tert-OH is 2. The van der Waals surface area contributed by atoms with E-state index in [4.69, 9.17) is 21.3 Å². The van der Waals surface area contributed by atoms with Gasteiger partial charge >= 0.3 is 0 Å². The van der Waals surface area contributed by atoms with Crippen molar-refractivity contribution in [1.29, 1.82) is 0 Å². The fourth-order valence-corrected chi connectivity index (χ4v) is 5.62. The number of halogens is 1. The van der Waals surface area contributed by atoms with Gasteiger partial charge in [-0.2, -0.15) is 0 Å². The zero-order valence-corrected chi connectivity index (χ0v) is 23.1. The van der Waals surface area contributed by atoms with Crippen LogP contribution in [0.15, 0.2) is 60.7 Å². The van der Waals surface area contributed by atoms with E-state index in [-0.39, 0.29) is 30.7 Å². The molecule has 3 N–H and O–H groups in total. The van der Waals surface area contributed by atoms with E-state index in [0.29, 0.717) is 11.4 Å². The molecule has 3 aromatic carbocycles. The number of benzene rings is 3. The lowest BCUT2D eigenvalue weighted by atomic mass is 9.87. The zero-order chi connectivity index (χ0) is 26.8. The highest BCUT2D eigenvalue weighted by atomic mass is 35.5. The third kappa shape index (κ3) is 5.90. The van der Waals surface area contributed by atoms with E-state index in [9.17, 15) is 10.2 Å². The van der Waals surface area contributed by atoms with E-state index in [1.54, 1.807) is 0 Å². The van der Waals surface area contributed by atoms with Gasteiger partial charge in [0.2, 0.25) is 0 Å². The minimum Gasteiger partial charge on any atom is -0.490 e. The highest BCUT2D eigenvalue weighted by Gasteiger charge is 2.29. The number of fused-ring (bicyclic) bond motifs is 1. The number of imidazole rings is 1. The van der Waals surface area contributed by atoms with Crippen molar-refractivity contribution < 1.29 is 14.9 Å². The Morgan fingerprint density at radius 3 is 2.37 bits per heavy atom. The molecule has 1 aliphatic carbocycles. The number of aromatic amines is 1. The second kappa shape index (κ2) is 11.5. The molecule has 200 valence electrons. The highest BCUT2D eigenvalue weighted by molar-refractivity contribution is 6.34. The number of rotatable bonds is 11. The van der Waals surface area contributed by atoms with Crippen molar-refractivity contribution in [3.63, 3.8) is 0 Å². The van der Waals surface area contributed by atoms with Gasteiger partial charge in [-0.15, -0.1) is 0 Å². The number of nitrogens with one attached hydrogen (secondary N) is 1. The van der Waals surface area contributed by atoms with Crippen molar-refractivity contribution in [3.8, 4) is 16.9 Å². The number of aliphatic hydroxyl groups is 2. The van der Waals surface area contributed by atoms with Crippen LogP contribution in [0, 0.1) is 5.92 Å². The largest absolute Gasteiger partial charge is 0.490 e. The Balaban J connectivity index is 1.47. The third-order valence-corrected chi connectivity index (χ3v) is 7.82. The van der Waals surface area contributed by atoms with E-state index < -0.39 is 0 Å². The first-order valence-corrected chi connectivity index (χ1v) is 14.1. The predicted octanol–water partition coefficient (Wildman–Crippen LogP) is 7.45. The number of hydrogen-bond donors (Lipinski definition) is 3. The quantitative estimate of drug-likeness (QED) is 0.187. The molecule has 1 aromatic heterocycles. The molecule has 1 saturated carbocycles. The number of ether oxygens (including phenoxy) is 1. The molecule has 38 heavy (non-hydrogen) atoms. The van der Waals surface area contributed by atoms with Crippen molar-refractivity contribution in [2.45, 2.75) is 70.5 Å². The second-order valence-electron chi connectivity index (χ2n) is 10.9. The molecule has 5 rings (SSSR count). The van der Waals surface area contributed by atoms with Crippen LogP contribution in [-0.4, -0.2) is 39.0 Å². The maximum atomic E-state index is 10.4. The Hall–Kier alpha value is -2.86. The van der Waals surface area contributed by atoms with Crippen molar-refractivity contribution in [2.24, 2.45) is 5.92 Å². The summed E-state index contributed by atoms with van der Waals surface area (Å²) in [6, 6.07) is 20.3. The maximum Gasteiger partial charge on any atom is 0.127 e. The van der Waals surface area contributed by atoms with Crippen LogP contribution < -0.4 is 4.74 Å². The highest BCUT2D eigenvalue weighted by Crippen LogP contribution is 2.41. The molecule has 1 heterocycles. The number of nitrogens with zero attached hydrogens (tertiary/aromatic N) is 1. The summed E-state index contributed by atoms with van der Waals surface area (Å²) >= 11 is 6.76. The number of aromatic nitrogens is 2. The van der Waals surface area contributed by atoms with Gasteiger partial charge in [0, 0.05) is 29.6 Å². The molecule has 0 bridgehead atoms. The van der Waals surface area contributed by atoms with Crippen molar-refractivity contribution >= 4 is 22.6 Å². The lowest BCUT2D eigenvalue weighted by Gasteiger charge is -2.21. The standard InChI is InChI=1S/C32H37ClN2O3/c1-19(2)38-31-7-5-4-6-25(31)27-17-29-30(18-28(27)33)35-32(34-29)24(14-15-36)22-10-12-23(13-11-22)26(20(3)37)16-21-8-9-21/h4-7,10-13,17-21,24,26,36-37H,8-9,14-16H2,1-3H3,(H,34,35)/t20-,24?,26?/m1/s1. The zero-order valence-electron chi connectivity index (χ0n) is 22.3. The fraction of sp³-hybridized carbons (Fsp3) is 0.406. The van der Waals surface area contributed by atoms with E-state index in [1.165, 1.54) is 18.4 Å². The number of para-hydroxylation sites is 1. The summed E-state index contributed by atoms with van der Waals surface area (Å²) in [6.45, 7) is 5.95. The van der Waals surface area contributed by atoms with Crippen LogP contribution in [0.1, 0.15) is 75.2 Å². The van der Waals surface area contributed by atoms with Gasteiger partial charge in [-0.05, 0) is 68.9 Å². The molecule has 0 aliphatic heterocycles. The van der Waals surface area contributed by atoms with Gasteiger partial charge in [-0.1, -0.05) is 66.9 Å². The first kappa shape index (κ1) is 26.7. The molecular weight excluding hydrogens is 496 g/mol. The summed E-state index contributed by atoms with van der Waals surface area (Å²) in [4.78, 5) is 8.39. The van der Waals surface area contributed by atoms with Crippen LogP contribution in [0.4, 0.5) is 0 Å². The minimum atomic E-state index is -0.375. The Labute approximate surface area is 229 Å². The monoisotopic (exact) mass is 532 g/mol. The van der Waals surface area contributed by atoms with Crippen LogP contribution in [0.2, 0.25) is 5.02 Å². The molecule has 3 atom stereocenters. The van der Waals surface area contributed by atoms with Gasteiger partial charge in [0.25, 0.3) is 0 Å². The molecule has 0 saturated heterocycles. The van der Waals surface area contributed by atoms with Crippen LogP contribution in [-0.2, 0) is 0 Å². The van der Waals surface area contributed by atoms with Gasteiger partial charge in [-0.25, -0.2) is 4.98 Å². The summed E-state index contributed by atoms with van der Waals surface area (Å²) in [7, 11) is 0. The van der Waals surface area contributed by atoms with Crippen molar-refractivity contribution in [2.75, 3.05) is 6.61 Å². The van der Waals surface area contributed by atoms with E-state index in [1.807, 2.05) is 57.2 Å². The summed E-state index contributed by atoms with van der Waals surface area (Å²) in [6.07, 6.45) is 3.80. The first-order chi connectivity index (χ1) is 18.3. The van der Waals surface area contributed by atoms with Crippen molar-refractivity contribution in [3.05, 3.63) is 82.6 Å². The molecule has 2 unspecified atom stereocenters. The number of hydrogen-bond acceptors (Lipinski definition) is 4. The molecule has 5 nitrogen and oxygen atoms in total. The van der Waals surface area contributed by atoms with Gasteiger partial charge < -0.3 is 19.9 Å². The van der Waals surface area contributed by atoms with Gasteiger partial charge in [0.1, 0.15) is 11.6 Å². The first-order valence-electron chi connectivity index (χ1n) is 13.7. The number of H-pyrrole nitrogens is 1. The molecule has 0 radical (unpaired) electrons. The molecule has 4 aromatic rings. The van der Waals surface area contributed by atoms with Crippen LogP contribution in [0.25, 0.3) is 22.2 Å². The SMILES string of the molecule is CC(C)Oc1ccccc1-c1cc2[nH]c(C(CCO)c3ccc(C(CC4CC4)[C@@H](C)O)cc3)nc2cc1Cl. The summed E-state index contributed by atoms with van der Waals surface area (Å²) in [5, 5.41) is 20.9. The van der Waals surface area contributed by atoms with Crippen LogP contribution in [0.3, 0.4) is 0 Å². The Kier molecular flexibility index (Phi) is 8.08. The predicted molar refractivity (Wildman–Crippen MR) is 154 cm³/mol. The molecule has 0 amide bonds. The van der Waals surface area contributed by atoms with Gasteiger partial charge in [-0.3, -0.25) is 0 Å². The Morgan fingerprint density at radius 2 is 1.71 bits per heavy atom. The molecule has 1 fully saturated rings. The molecule has 6 heteroatoms. The normalized spacial score (nSPS) is 16.1. The minimum absolute atomic E-state index is 0.0487. The second-order valence-corrected chi connectivity index (χ2v) is 11.3. The lowest BCUT2D eigenvalue weighted by Crippen LogP contribution is -2.15. The van der Waals surface area contributed by atoms with E-state index >= 15 is 0 Å². The maximum absolute atomic E-state index is 10.4. The van der Waals surface area contributed by atoms with Crippen LogP contribution in [0.5, 0.6) is 5.75 Å². The lowest BCUT2D eigenvalue weighted by molar-refractivity contribution is 0.154. The van der Waals surface area contributed by atoms with E-state index in [0.717, 1.165) is 51.6 Å². The molecule has 1 aliphatic rings. The molecule has 0 spiro atoms. The van der Waals surface area contributed by atoms with Gasteiger partial charge in [0.05, 0.1) is 28.3 Å². The summed E-state index contributed by atoms with van der Waals surface area (Å²) in [5.41, 5.74) is 5.74. The Bertz CT molecular complexity index is 1380.